The molecule has 0 saturated carbocycles. The van der Waals surface area contributed by atoms with Crippen LogP contribution in [0.4, 0.5) is 10.1 Å². The number of anilines is 1. The van der Waals surface area contributed by atoms with Crippen molar-refractivity contribution in [3.8, 4) is 5.75 Å². The summed E-state index contributed by atoms with van der Waals surface area (Å²) in [4.78, 5) is 11.4. The van der Waals surface area contributed by atoms with Crippen LogP contribution in [0.2, 0.25) is 0 Å². The van der Waals surface area contributed by atoms with Gasteiger partial charge >= 0.3 is 0 Å². The number of carbonyl (C=O) groups excluding carboxylic acids is 1. The highest BCUT2D eigenvalue weighted by atomic mass is 79.9. The highest BCUT2D eigenvalue weighted by Gasteiger charge is 2.14. The molecule has 0 spiro atoms. The second kappa shape index (κ2) is 4.41. The van der Waals surface area contributed by atoms with E-state index in [9.17, 15) is 9.18 Å². The molecule has 14 heavy (non-hydrogen) atoms. The molecule has 0 bridgehead atoms. The predicted molar refractivity (Wildman–Crippen MR) is 55.5 cm³/mol. The number of methoxy groups -OCH3 is 1. The van der Waals surface area contributed by atoms with E-state index in [1.807, 2.05) is 0 Å². The van der Waals surface area contributed by atoms with E-state index >= 15 is 0 Å². The molecule has 0 aliphatic rings. The van der Waals surface area contributed by atoms with Crippen LogP contribution in [0, 0.1) is 5.82 Å². The summed E-state index contributed by atoms with van der Waals surface area (Å²) in [7, 11) is 1.37. The normalized spacial score (nSPS) is 9.93. The summed E-state index contributed by atoms with van der Waals surface area (Å²) in [5, 5.41) is 0.147. The molecule has 0 aromatic heterocycles. The maximum absolute atomic E-state index is 13.0. The fourth-order valence-corrected chi connectivity index (χ4v) is 1.33. The summed E-state index contributed by atoms with van der Waals surface area (Å²) < 4.78 is 17.9. The number of carbonyl (C=O) groups is 1. The molecule has 5 heteroatoms. The zero-order chi connectivity index (χ0) is 10.7. The minimum atomic E-state index is -0.590. The molecule has 2 N–H and O–H groups in total. The van der Waals surface area contributed by atoms with E-state index in [0.29, 0.717) is 0 Å². The van der Waals surface area contributed by atoms with E-state index in [1.165, 1.54) is 13.2 Å². The Morgan fingerprint density at radius 1 is 1.64 bits per heavy atom. The molecule has 3 nitrogen and oxygen atoms in total. The lowest BCUT2D eigenvalue weighted by Crippen LogP contribution is -2.05. The van der Waals surface area contributed by atoms with Gasteiger partial charge in [0.1, 0.15) is 11.6 Å². The van der Waals surface area contributed by atoms with Crippen LogP contribution in [0.3, 0.4) is 0 Å². The van der Waals surface area contributed by atoms with Gasteiger partial charge < -0.3 is 10.5 Å². The second-order valence-electron chi connectivity index (χ2n) is 2.63. The van der Waals surface area contributed by atoms with Gasteiger partial charge in [-0.1, -0.05) is 15.9 Å². The summed E-state index contributed by atoms with van der Waals surface area (Å²) in [6, 6.07) is 2.38. The molecule has 0 amide bonds. The maximum Gasteiger partial charge on any atom is 0.177 e. The summed E-state index contributed by atoms with van der Waals surface area (Å²) in [5.74, 6) is -0.595. The molecule has 0 aliphatic carbocycles. The van der Waals surface area contributed by atoms with Gasteiger partial charge in [0.15, 0.2) is 5.78 Å². The van der Waals surface area contributed by atoms with Gasteiger partial charge in [-0.05, 0) is 6.07 Å². The van der Waals surface area contributed by atoms with Crippen molar-refractivity contribution in [1.29, 1.82) is 0 Å². The van der Waals surface area contributed by atoms with Crippen molar-refractivity contribution in [2.24, 2.45) is 0 Å². The van der Waals surface area contributed by atoms with E-state index in [4.69, 9.17) is 10.5 Å². The fourth-order valence-electron chi connectivity index (χ4n) is 1.03. The minimum Gasteiger partial charge on any atom is -0.496 e. The van der Waals surface area contributed by atoms with E-state index in [-0.39, 0.29) is 28.1 Å². The maximum atomic E-state index is 13.0. The third kappa shape index (κ3) is 2.04. The molecular weight excluding hydrogens is 253 g/mol. The average molecular weight is 262 g/mol. The molecule has 1 rings (SSSR count). The van der Waals surface area contributed by atoms with Crippen molar-refractivity contribution < 1.29 is 13.9 Å². The van der Waals surface area contributed by atoms with E-state index < -0.39 is 5.82 Å². The Balaban J connectivity index is 3.27. The SMILES string of the molecule is COc1cc(F)c(N)cc1C(=O)CBr. The Bertz CT molecular complexity index is 368. The highest BCUT2D eigenvalue weighted by Crippen LogP contribution is 2.25. The van der Waals surface area contributed by atoms with Gasteiger partial charge in [-0.15, -0.1) is 0 Å². The fraction of sp³-hybridized carbons (Fsp3) is 0.222. The van der Waals surface area contributed by atoms with Crippen LogP contribution in [0.25, 0.3) is 0 Å². The molecular formula is C9H9BrFNO2. The topological polar surface area (TPSA) is 52.3 Å². The number of nitrogens with two attached hydrogens (primary N) is 1. The number of benzene rings is 1. The molecule has 0 radical (unpaired) electrons. The van der Waals surface area contributed by atoms with E-state index in [0.717, 1.165) is 6.07 Å². The lowest BCUT2D eigenvalue weighted by Gasteiger charge is -2.07. The molecule has 1 aromatic carbocycles. The van der Waals surface area contributed by atoms with Gasteiger partial charge in [-0.3, -0.25) is 4.79 Å². The van der Waals surface area contributed by atoms with Crippen molar-refractivity contribution in [2.45, 2.75) is 0 Å². The van der Waals surface area contributed by atoms with Gasteiger partial charge in [0.25, 0.3) is 0 Å². The molecule has 0 saturated heterocycles. The molecule has 1 aromatic rings. The third-order valence-electron chi connectivity index (χ3n) is 1.74. The molecule has 0 fully saturated rings. The predicted octanol–water partition coefficient (Wildman–Crippen LogP) is 1.99. The quantitative estimate of drug-likeness (QED) is 0.515. The molecule has 76 valence electrons. The van der Waals surface area contributed by atoms with Gasteiger partial charge in [-0.25, -0.2) is 4.39 Å². The first-order valence-electron chi connectivity index (χ1n) is 3.82. The number of rotatable bonds is 3. The van der Waals surface area contributed by atoms with Crippen molar-refractivity contribution in [1.82, 2.24) is 0 Å². The molecule has 0 heterocycles. The van der Waals surface area contributed by atoms with Gasteiger partial charge in [0, 0.05) is 6.07 Å². The highest BCUT2D eigenvalue weighted by molar-refractivity contribution is 9.09. The first-order chi connectivity index (χ1) is 6.60. The average Bonchev–Trinajstić information content (AvgIpc) is 2.20. The van der Waals surface area contributed by atoms with Gasteiger partial charge in [0.05, 0.1) is 23.7 Å². The number of nitrogen functional groups attached to an aromatic ring is 1. The molecule has 0 aliphatic heterocycles. The zero-order valence-electron chi connectivity index (χ0n) is 7.51. The number of ether oxygens (including phenoxy) is 1. The van der Waals surface area contributed by atoms with Crippen LogP contribution < -0.4 is 10.5 Å². The van der Waals surface area contributed by atoms with Crippen molar-refractivity contribution >= 4 is 27.4 Å². The Labute approximate surface area is 89.2 Å². The number of ketones is 1. The van der Waals surface area contributed by atoms with Crippen LogP contribution in [0.15, 0.2) is 12.1 Å². The van der Waals surface area contributed by atoms with Crippen LogP contribution in [-0.2, 0) is 0 Å². The lowest BCUT2D eigenvalue weighted by atomic mass is 10.1. The summed E-state index contributed by atoms with van der Waals surface area (Å²) in [6.45, 7) is 0. The van der Waals surface area contributed by atoms with Crippen molar-refractivity contribution in [3.63, 3.8) is 0 Å². The minimum absolute atomic E-state index is 0.0601. The number of hydrogen-bond donors (Lipinski definition) is 1. The largest absolute Gasteiger partial charge is 0.496 e. The third-order valence-corrected chi connectivity index (χ3v) is 2.25. The molecule has 0 atom stereocenters. The van der Waals surface area contributed by atoms with Crippen LogP contribution in [0.5, 0.6) is 5.75 Å². The standard InChI is InChI=1S/C9H9BrFNO2/c1-14-9-3-6(11)7(12)2-5(9)8(13)4-10/h2-3H,4,12H2,1H3. The number of alkyl halides is 1. The van der Waals surface area contributed by atoms with Crippen LogP contribution >= 0.6 is 15.9 Å². The smallest absolute Gasteiger partial charge is 0.177 e. The monoisotopic (exact) mass is 261 g/mol. The number of hydrogen-bond acceptors (Lipinski definition) is 3. The Kier molecular flexibility index (Phi) is 3.46. The van der Waals surface area contributed by atoms with Gasteiger partial charge in [-0.2, -0.15) is 0 Å². The number of Topliss-reactive ketones (excluding diaryl/α,β-unsaturated/α-hetero) is 1. The first kappa shape index (κ1) is 11.0. The Morgan fingerprint density at radius 3 is 2.79 bits per heavy atom. The Morgan fingerprint density at radius 2 is 2.29 bits per heavy atom. The lowest BCUT2D eigenvalue weighted by molar-refractivity contribution is 0.102. The van der Waals surface area contributed by atoms with Crippen LogP contribution in [-0.4, -0.2) is 18.2 Å². The van der Waals surface area contributed by atoms with E-state index in [1.54, 1.807) is 0 Å². The van der Waals surface area contributed by atoms with Crippen molar-refractivity contribution in [3.05, 3.63) is 23.5 Å². The second-order valence-corrected chi connectivity index (χ2v) is 3.19. The van der Waals surface area contributed by atoms with E-state index in [2.05, 4.69) is 15.9 Å². The summed E-state index contributed by atoms with van der Waals surface area (Å²) >= 11 is 3.02. The zero-order valence-corrected chi connectivity index (χ0v) is 9.10. The Hall–Kier alpha value is -1.10. The van der Waals surface area contributed by atoms with Crippen LogP contribution in [0.1, 0.15) is 10.4 Å². The first-order valence-corrected chi connectivity index (χ1v) is 4.94. The number of halogens is 2. The van der Waals surface area contributed by atoms with Gasteiger partial charge in [0.2, 0.25) is 0 Å². The summed E-state index contributed by atoms with van der Waals surface area (Å²) in [5.41, 5.74) is 5.56. The summed E-state index contributed by atoms with van der Waals surface area (Å²) in [6.07, 6.45) is 0. The molecule has 0 unspecified atom stereocenters. The van der Waals surface area contributed by atoms with Crippen molar-refractivity contribution in [2.75, 3.05) is 18.2 Å².